The molecule has 2 rings (SSSR count). The summed E-state index contributed by atoms with van der Waals surface area (Å²) in [5.74, 6) is -1.57. The average molecular weight is 291 g/mol. The highest BCUT2D eigenvalue weighted by atomic mass is 19.1. The molecule has 0 radical (unpaired) electrons. The van der Waals surface area contributed by atoms with Crippen molar-refractivity contribution in [1.29, 1.82) is 0 Å². The van der Waals surface area contributed by atoms with Crippen molar-refractivity contribution in [2.24, 2.45) is 0 Å². The van der Waals surface area contributed by atoms with Crippen LogP contribution in [0.1, 0.15) is 27.6 Å². The van der Waals surface area contributed by atoms with Crippen LogP contribution < -0.4 is 5.32 Å². The van der Waals surface area contributed by atoms with Crippen molar-refractivity contribution >= 4 is 5.91 Å². The van der Waals surface area contributed by atoms with E-state index in [0.29, 0.717) is 5.56 Å². The molecule has 110 valence electrons. The molecule has 0 aliphatic rings. The molecule has 1 amide bonds. The highest BCUT2D eigenvalue weighted by molar-refractivity contribution is 5.94. The Balaban J connectivity index is 2.02. The van der Waals surface area contributed by atoms with Gasteiger partial charge in [0.2, 0.25) is 0 Å². The fourth-order valence-electron chi connectivity index (χ4n) is 2.01. The van der Waals surface area contributed by atoms with E-state index in [0.717, 1.165) is 6.07 Å². The summed E-state index contributed by atoms with van der Waals surface area (Å²) in [6, 6.07) is 9.74. The first-order valence-electron chi connectivity index (χ1n) is 6.45. The van der Waals surface area contributed by atoms with Crippen molar-refractivity contribution < 1.29 is 18.7 Å². The predicted octanol–water partition coefficient (Wildman–Crippen LogP) is 2.74. The molecule has 2 aromatic rings. The number of carbonyl (C=O) groups is 1. The van der Waals surface area contributed by atoms with E-state index < -0.39 is 23.6 Å². The van der Waals surface area contributed by atoms with Crippen molar-refractivity contribution in [3.63, 3.8) is 0 Å². The summed E-state index contributed by atoms with van der Waals surface area (Å²) >= 11 is 0. The van der Waals surface area contributed by atoms with Gasteiger partial charge in [0, 0.05) is 17.7 Å². The first kappa shape index (κ1) is 15.1. The Hall–Kier alpha value is -2.27. The van der Waals surface area contributed by atoms with Crippen molar-refractivity contribution in [2.75, 3.05) is 6.54 Å². The summed E-state index contributed by atoms with van der Waals surface area (Å²) in [6.07, 6.45) is -1.16. The van der Waals surface area contributed by atoms with E-state index in [1.165, 1.54) is 30.3 Å². The average Bonchev–Trinajstić information content (AvgIpc) is 2.43. The van der Waals surface area contributed by atoms with Crippen molar-refractivity contribution in [2.45, 2.75) is 13.0 Å². The van der Waals surface area contributed by atoms with Gasteiger partial charge in [0.15, 0.2) is 0 Å². The van der Waals surface area contributed by atoms with E-state index in [4.69, 9.17) is 0 Å². The Bertz CT molecular complexity index is 638. The molecule has 2 N–H and O–H groups in total. The number of hydrogen-bond acceptors (Lipinski definition) is 2. The minimum atomic E-state index is -1.16. The molecule has 0 heterocycles. The minimum absolute atomic E-state index is 0.105. The molecule has 0 bridgehead atoms. The summed E-state index contributed by atoms with van der Waals surface area (Å²) in [4.78, 5) is 11.9. The van der Waals surface area contributed by atoms with Crippen LogP contribution in [0.25, 0.3) is 0 Å². The van der Waals surface area contributed by atoms with Gasteiger partial charge in [-0.05, 0) is 36.8 Å². The van der Waals surface area contributed by atoms with Gasteiger partial charge in [-0.2, -0.15) is 0 Å². The van der Waals surface area contributed by atoms with Gasteiger partial charge in [0.05, 0.1) is 6.10 Å². The normalized spacial score (nSPS) is 12.0. The van der Waals surface area contributed by atoms with Gasteiger partial charge in [-0.15, -0.1) is 0 Å². The van der Waals surface area contributed by atoms with E-state index in [-0.39, 0.29) is 17.7 Å². The zero-order chi connectivity index (χ0) is 15.4. The highest BCUT2D eigenvalue weighted by Gasteiger charge is 2.14. The van der Waals surface area contributed by atoms with E-state index in [1.807, 2.05) is 0 Å². The summed E-state index contributed by atoms with van der Waals surface area (Å²) < 4.78 is 26.7. The SMILES string of the molecule is Cc1cc(F)cc(C(=O)NCC(O)c2ccccc2F)c1. The lowest BCUT2D eigenvalue weighted by Crippen LogP contribution is -2.28. The maximum Gasteiger partial charge on any atom is 0.251 e. The number of carbonyl (C=O) groups excluding carboxylic acids is 1. The predicted molar refractivity (Wildman–Crippen MR) is 74.8 cm³/mol. The number of aryl methyl sites for hydroxylation is 1. The molecule has 0 aliphatic carbocycles. The van der Waals surface area contributed by atoms with Gasteiger partial charge in [-0.25, -0.2) is 8.78 Å². The highest BCUT2D eigenvalue weighted by Crippen LogP contribution is 2.16. The molecule has 21 heavy (non-hydrogen) atoms. The third-order valence-electron chi connectivity index (χ3n) is 3.02. The lowest BCUT2D eigenvalue weighted by atomic mass is 10.1. The summed E-state index contributed by atoms with van der Waals surface area (Å²) in [5.41, 5.74) is 0.885. The molecule has 0 aliphatic heterocycles. The van der Waals surface area contributed by atoms with Gasteiger partial charge in [-0.1, -0.05) is 18.2 Å². The van der Waals surface area contributed by atoms with E-state index in [1.54, 1.807) is 13.0 Å². The largest absolute Gasteiger partial charge is 0.386 e. The number of benzene rings is 2. The third-order valence-corrected chi connectivity index (χ3v) is 3.02. The van der Waals surface area contributed by atoms with Crippen LogP contribution in [0.2, 0.25) is 0 Å². The van der Waals surface area contributed by atoms with Gasteiger partial charge >= 0.3 is 0 Å². The van der Waals surface area contributed by atoms with E-state index in [2.05, 4.69) is 5.32 Å². The molecule has 5 heteroatoms. The zero-order valence-corrected chi connectivity index (χ0v) is 11.4. The van der Waals surface area contributed by atoms with Crippen LogP contribution in [0.3, 0.4) is 0 Å². The standard InChI is InChI=1S/C16H15F2NO2/c1-10-6-11(8-12(17)7-10)16(21)19-9-15(20)13-4-2-3-5-14(13)18/h2-8,15,20H,9H2,1H3,(H,19,21). The first-order valence-corrected chi connectivity index (χ1v) is 6.45. The maximum absolute atomic E-state index is 13.5. The number of aliphatic hydroxyl groups excluding tert-OH is 1. The summed E-state index contributed by atoms with van der Waals surface area (Å²) in [7, 11) is 0. The van der Waals surface area contributed by atoms with Crippen molar-refractivity contribution in [3.05, 3.63) is 70.8 Å². The number of aliphatic hydroxyl groups is 1. The Morgan fingerprint density at radius 1 is 1.24 bits per heavy atom. The Labute approximate surface area is 121 Å². The number of halogens is 2. The second-order valence-corrected chi connectivity index (χ2v) is 4.76. The number of hydrogen-bond donors (Lipinski definition) is 2. The fraction of sp³-hybridized carbons (Fsp3) is 0.188. The lowest BCUT2D eigenvalue weighted by Gasteiger charge is -2.13. The molecule has 3 nitrogen and oxygen atoms in total. The summed E-state index contributed by atoms with van der Waals surface area (Å²) in [5, 5.41) is 12.3. The van der Waals surface area contributed by atoms with Crippen molar-refractivity contribution in [1.82, 2.24) is 5.32 Å². The third kappa shape index (κ3) is 3.86. The Kier molecular flexibility index (Phi) is 4.65. The fourth-order valence-corrected chi connectivity index (χ4v) is 2.01. The molecule has 0 saturated heterocycles. The van der Waals surface area contributed by atoms with Crippen LogP contribution in [0.5, 0.6) is 0 Å². The monoisotopic (exact) mass is 291 g/mol. The van der Waals surface area contributed by atoms with Crippen LogP contribution in [-0.2, 0) is 0 Å². The van der Waals surface area contributed by atoms with Crippen molar-refractivity contribution in [3.8, 4) is 0 Å². The topological polar surface area (TPSA) is 49.3 Å². The molecule has 2 aromatic carbocycles. The maximum atomic E-state index is 13.5. The van der Waals surface area contributed by atoms with E-state index >= 15 is 0 Å². The molecule has 0 fully saturated rings. The smallest absolute Gasteiger partial charge is 0.251 e. The van der Waals surface area contributed by atoms with Crippen LogP contribution in [0, 0.1) is 18.6 Å². The summed E-state index contributed by atoms with van der Waals surface area (Å²) in [6.45, 7) is 1.52. The van der Waals surface area contributed by atoms with Gasteiger partial charge < -0.3 is 10.4 Å². The zero-order valence-electron chi connectivity index (χ0n) is 11.4. The molecule has 0 saturated carbocycles. The van der Waals surface area contributed by atoms with Gasteiger partial charge in [-0.3, -0.25) is 4.79 Å². The molecular formula is C16H15F2NO2. The molecule has 1 atom stereocenters. The number of rotatable bonds is 4. The second-order valence-electron chi connectivity index (χ2n) is 4.76. The van der Waals surface area contributed by atoms with Gasteiger partial charge in [0.25, 0.3) is 5.91 Å². The van der Waals surface area contributed by atoms with Crippen LogP contribution in [-0.4, -0.2) is 17.6 Å². The molecule has 0 aromatic heterocycles. The second kappa shape index (κ2) is 6.45. The quantitative estimate of drug-likeness (QED) is 0.910. The van der Waals surface area contributed by atoms with Crippen LogP contribution >= 0.6 is 0 Å². The van der Waals surface area contributed by atoms with Gasteiger partial charge in [0.1, 0.15) is 11.6 Å². The number of nitrogens with one attached hydrogen (secondary N) is 1. The number of amides is 1. The van der Waals surface area contributed by atoms with Crippen LogP contribution in [0.15, 0.2) is 42.5 Å². The Morgan fingerprint density at radius 2 is 1.95 bits per heavy atom. The van der Waals surface area contributed by atoms with E-state index in [9.17, 15) is 18.7 Å². The molecule has 1 unspecified atom stereocenters. The van der Waals surface area contributed by atoms with Crippen LogP contribution in [0.4, 0.5) is 8.78 Å². The molecular weight excluding hydrogens is 276 g/mol. The molecule has 0 spiro atoms. The minimum Gasteiger partial charge on any atom is -0.386 e. The first-order chi connectivity index (χ1) is 9.97. The lowest BCUT2D eigenvalue weighted by molar-refractivity contribution is 0.0913. The Morgan fingerprint density at radius 3 is 2.62 bits per heavy atom.